The topological polar surface area (TPSA) is 59.1 Å². The van der Waals surface area contributed by atoms with Gasteiger partial charge in [0.05, 0.1) is 10.6 Å². The van der Waals surface area contributed by atoms with E-state index in [2.05, 4.69) is 9.71 Å². The van der Waals surface area contributed by atoms with Crippen LogP contribution in [-0.2, 0) is 16.4 Å². The summed E-state index contributed by atoms with van der Waals surface area (Å²) in [5, 5.41) is 3.54. The summed E-state index contributed by atoms with van der Waals surface area (Å²) in [6.07, 6.45) is 0.535. The number of benzene rings is 2. The molecule has 4 nitrogen and oxygen atoms in total. The minimum atomic E-state index is -3.54. The fraction of sp³-hybridized carbons (Fsp3) is 0.250. The molecule has 0 unspecified atom stereocenters. The Balaban J connectivity index is 1.66. The van der Waals surface area contributed by atoms with Crippen molar-refractivity contribution in [1.82, 2.24) is 9.71 Å². The van der Waals surface area contributed by atoms with Crippen molar-refractivity contribution >= 4 is 33.0 Å². The van der Waals surface area contributed by atoms with Crippen LogP contribution in [0.4, 0.5) is 0 Å². The molecule has 0 aliphatic carbocycles. The Labute approximate surface area is 169 Å². The van der Waals surface area contributed by atoms with Gasteiger partial charge in [-0.05, 0) is 55.7 Å². The number of hydrogen-bond acceptors (Lipinski definition) is 4. The van der Waals surface area contributed by atoms with Crippen molar-refractivity contribution in [3.8, 4) is 10.6 Å². The van der Waals surface area contributed by atoms with Crippen LogP contribution in [0, 0.1) is 20.8 Å². The average Bonchev–Trinajstić information content (AvgIpc) is 3.07. The molecule has 1 heterocycles. The second-order valence-corrected chi connectivity index (χ2v) is 9.53. The van der Waals surface area contributed by atoms with Crippen LogP contribution in [0.25, 0.3) is 10.6 Å². The summed E-state index contributed by atoms with van der Waals surface area (Å²) in [6.45, 7) is 6.02. The molecule has 0 saturated carbocycles. The van der Waals surface area contributed by atoms with Gasteiger partial charge in [-0.15, -0.1) is 11.3 Å². The van der Waals surface area contributed by atoms with Gasteiger partial charge in [0.15, 0.2) is 0 Å². The van der Waals surface area contributed by atoms with E-state index in [1.165, 1.54) is 11.3 Å². The molecule has 0 radical (unpaired) electrons. The standard InChI is InChI=1S/C20H21ClN2O2S2/c1-13-10-15(3)19(11-14(13)2)27(24,25)22-9-8-18-12-26-20(23-18)16-4-6-17(21)7-5-16/h4-7,10-12,22H,8-9H2,1-3H3. The fourth-order valence-corrected chi connectivity index (χ4v) is 5.09. The highest BCUT2D eigenvalue weighted by Crippen LogP contribution is 2.25. The minimum Gasteiger partial charge on any atom is -0.241 e. The van der Waals surface area contributed by atoms with E-state index in [-0.39, 0.29) is 0 Å². The summed E-state index contributed by atoms with van der Waals surface area (Å²) in [7, 11) is -3.54. The number of sulfonamides is 1. The van der Waals surface area contributed by atoms with Gasteiger partial charge >= 0.3 is 0 Å². The molecule has 3 rings (SSSR count). The lowest BCUT2D eigenvalue weighted by Gasteiger charge is -2.11. The third-order valence-corrected chi connectivity index (χ3v) is 7.19. The summed E-state index contributed by atoms with van der Waals surface area (Å²) in [5.74, 6) is 0. The zero-order valence-electron chi connectivity index (χ0n) is 15.4. The minimum absolute atomic E-state index is 0.304. The Morgan fingerprint density at radius 2 is 1.70 bits per heavy atom. The molecule has 0 bridgehead atoms. The van der Waals surface area contributed by atoms with E-state index in [1.807, 2.05) is 56.5 Å². The second-order valence-electron chi connectivity index (χ2n) is 6.50. The van der Waals surface area contributed by atoms with Gasteiger partial charge in [-0.3, -0.25) is 0 Å². The zero-order chi connectivity index (χ0) is 19.6. The van der Waals surface area contributed by atoms with Crippen LogP contribution in [0.15, 0.2) is 46.7 Å². The molecule has 0 spiro atoms. The van der Waals surface area contributed by atoms with Crippen molar-refractivity contribution in [1.29, 1.82) is 0 Å². The Morgan fingerprint density at radius 1 is 1.04 bits per heavy atom. The van der Waals surface area contributed by atoms with Gasteiger partial charge in [0, 0.05) is 28.9 Å². The first-order valence-corrected chi connectivity index (χ1v) is 11.3. The van der Waals surface area contributed by atoms with E-state index in [9.17, 15) is 8.42 Å². The molecule has 0 saturated heterocycles. The normalized spacial score (nSPS) is 11.7. The first kappa shape index (κ1) is 20.0. The van der Waals surface area contributed by atoms with Gasteiger partial charge in [0.25, 0.3) is 0 Å². The summed E-state index contributed by atoms with van der Waals surface area (Å²) in [6, 6.07) is 11.2. The summed E-state index contributed by atoms with van der Waals surface area (Å²) < 4.78 is 27.9. The quantitative estimate of drug-likeness (QED) is 0.616. The van der Waals surface area contributed by atoms with Crippen molar-refractivity contribution in [3.63, 3.8) is 0 Å². The van der Waals surface area contributed by atoms with E-state index in [1.54, 1.807) is 6.07 Å². The lowest BCUT2D eigenvalue weighted by Crippen LogP contribution is -2.26. The summed E-state index contributed by atoms with van der Waals surface area (Å²) in [4.78, 5) is 4.92. The van der Waals surface area contributed by atoms with Gasteiger partial charge < -0.3 is 0 Å². The maximum absolute atomic E-state index is 12.6. The van der Waals surface area contributed by atoms with Crippen LogP contribution in [0.5, 0.6) is 0 Å². The maximum Gasteiger partial charge on any atom is 0.240 e. The number of nitrogens with zero attached hydrogens (tertiary/aromatic N) is 1. The molecule has 7 heteroatoms. The zero-order valence-corrected chi connectivity index (χ0v) is 17.8. The molecule has 3 aromatic rings. The van der Waals surface area contributed by atoms with E-state index in [4.69, 9.17) is 11.6 Å². The second kappa shape index (κ2) is 8.10. The van der Waals surface area contributed by atoms with Crippen molar-refractivity contribution in [2.24, 2.45) is 0 Å². The maximum atomic E-state index is 12.6. The number of thiazole rings is 1. The lowest BCUT2D eigenvalue weighted by molar-refractivity contribution is 0.580. The first-order chi connectivity index (χ1) is 12.8. The summed E-state index contributed by atoms with van der Waals surface area (Å²) >= 11 is 7.45. The first-order valence-electron chi connectivity index (χ1n) is 8.54. The van der Waals surface area contributed by atoms with E-state index in [0.29, 0.717) is 22.9 Å². The molecule has 142 valence electrons. The molecule has 0 aliphatic rings. The summed E-state index contributed by atoms with van der Waals surface area (Å²) in [5.41, 5.74) is 4.67. The Morgan fingerprint density at radius 3 is 2.41 bits per heavy atom. The smallest absolute Gasteiger partial charge is 0.240 e. The largest absolute Gasteiger partial charge is 0.241 e. The number of halogens is 1. The van der Waals surface area contributed by atoms with Crippen molar-refractivity contribution in [2.45, 2.75) is 32.1 Å². The monoisotopic (exact) mass is 420 g/mol. The molecule has 2 aromatic carbocycles. The average molecular weight is 421 g/mol. The Kier molecular flexibility index (Phi) is 6.01. The Bertz CT molecular complexity index is 1060. The molecule has 1 aromatic heterocycles. The number of aromatic nitrogens is 1. The number of rotatable bonds is 6. The van der Waals surface area contributed by atoms with Crippen LogP contribution < -0.4 is 4.72 Å². The predicted octanol–water partition coefficient (Wildman–Crippen LogP) is 4.91. The molecule has 0 fully saturated rings. The van der Waals surface area contributed by atoms with E-state index in [0.717, 1.165) is 33.0 Å². The van der Waals surface area contributed by atoms with Crippen LogP contribution in [0.2, 0.25) is 5.02 Å². The van der Waals surface area contributed by atoms with E-state index < -0.39 is 10.0 Å². The fourth-order valence-electron chi connectivity index (χ4n) is 2.76. The molecular formula is C20H21ClN2O2S2. The van der Waals surface area contributed by atoms with Gasteiger partial charge in [-0.25, -0.2) is 18.1 Å². The number of hydrogen-bond donors (Lipinski definition) is 1. The van der Waals surface area contributed by atoms with Crippen LogP contribution >= 0.6 is 22.9 Å². The highest BCUT2D eigenvalue weighted by Gasteiger charge is 2.17. The highest BCUT2D eigenvalue weighted by atomic mass is 35.5. The molecule has 27 heavy (non-hydrogen) atoms. The van der Waals surface area contributed by atoms with Gasteiger partial charge in [-0.2, -0.15) is 0 Å². The number of aryl methyl sites for hydroxylation is 3. The third kappa shape index (κ3) is 4.76. The molecule has 0 atom stereocenters. The molecule has 0 aliphatic heterocycles. The van der Waals surface area contributed by atoms with Gasteiger partial charge in [0.1, 0.15) is 5.01 Å². The van der Waals surface area contributed by atoms with Gasteiger partial charge in [0.2, 0.25) is 10.0 Å². The van der Waals surface area contributed by atoms with Crippen molar-refractivity contribution in [3.05, 3.63) is 69.2 Å². The van der Waals surface area contributed by atoms with Crippen molar-refractivity contribution < 1.29 is 8.42 Å². The Hall–Kier alpha value is -1.73. The molecule has 0 amide bonds. The predicted molar refractivity (Wildman–Crippen MR) is 112 cm³/mol. The van der Waals surface area contributed by atoms with Gasteiger partial charge in [-0.1, -0.05) is 29.8 Å². The van der Waals surface area contributed by atoms with E-state index >= 15 is 0 Å². The lowest BCUT2D eigenvalue weighted by atomic mass is 10.1. The van der Waals surface area contributed by atoms with Crippen molar-refractivity contribution in [2.75, 3.05) is 6.54 Å². The van der Waals surface area contributed by atoms with Crippen LogP contribution in [0.3, 0.4) is 0 Å². The highest BCUT2D eigenvalue weighted by molar-refractivity contribution is 7.89. The SMILES string of the molecule is Cc1cc(C)c(S(=O)(=O)NCCc2csc(-c3ccc(Cl)cc3)n2)cc1C. The molecule has 1 N–H and O–H groups in total. The van der Waals surface area contributed by atoms with Crippen LogP contribution in [-0.4, -0.2) is 19.9 Å². The number of nitrogens with one attached hydrogen (secondary N) is 1. The third-order valence-electron chi connectivity index (χ3n) is 4.40. The molecular weight excluding hydrogens is 400 g/mol. The van der Waals surface area contributed by atoms with Crippen LogP contribution in [0.1, 0.15) is 22.4 Å².